The molecule has 1 aliphatic rings. The Hall–Kier alpha value is -7.16. The zero-order valence-electron chi connectivity index (χ0n) is 31.9. The number of furan rings is 1. The van der Waals surface area contributed by atoms with Gasteiger partial charge in [-0.05, 0) is 115 Å². The Morgan fingerprint density at radius 1 is 0.368 bits per heavy atom. The van der Waals surface area contributed by atoms with Crippen molar-refractivity contribution in [3.05, 3.63) is 211 Å². The van der Waals surface area contributed by atoms with Gasteiger partial charge in [0.1, 0.15) is 11.2 Å². The van der Waals surface area contributed by atoms with Gasteiger partial charge in [-0.15, -0.1) is 0 Å². The van der Waals surface area contributed by atoms with Crippen LogP contribution in [0.3, 0.4) is 0 Å². The van der Waals surface area contributed by atoms with E-state index in [9.17, 15) is 0 Å². The lowest BCUT2D eigenvalue weighted by Gasteiger charge is -2.30. The maximum Gasteiger partial charge on any atom is 0.135 e. The molecule has 11 rings (SSSR count). The van der Waals surface area contributed by atoms with Crippen molar-refractivity contribution in [1.82, 2.24) is 0 Å². The van der Waals surface area contributed by atoms with Crippen LogP contribution in [0.5, 0.6) is 0 Å². The first-order valence-electron chi connectivity index (χ1n) is 19.8. The number of nitrogens with zero attached hydrogens (tertiary/aromatic N) is 1. The molecule has 0 saturated carbocycles. The molecule has 0 saturated heterocycles. The first-order valence-corrected chi connectivity index (χ1v) is 19.8. The van der Waals surface area contributed by atoms with Crippen molar-refractivity contribution in [2.45, 2.75) is 19.3 Å². The maximum absolute atomic E-state index is 6.19. The van der Waals surface area contributed by atoms with Crippen LogP contribution in [-0.4, -0.2) is 0 Å². The predicted molar refractivity (Wildman–Crippen MR) is 240 cm³/mol. The number of anilines is 3. The minimum Gasteiger partial charge on any atom is -0.456 e. The van der Waals surface area contributed by atoms with Crippen molar-refractivity contribution in [2.75, 3.05) is 4.90 Å². The van der Waals surface area contributed by atoms with E-state index in [0.717, 1.165) is 50.1 Å². The monoisotopic (exact) mass is 729 g/mol. The predicted octanol–water partition coefficient (Wildman–Crippen LogP) is 15.5. The van der Waals surface area contributed by atoms with Gasteiger partial charge in [0.15, 0.2) is 0 Å². The zero-order chi connectivity index (χ0) is 38.1. The molecule has 0 atom stereocenters. The second kappa shape index (κ2) is 13.0. The van der Waals surface area contributed by atoms with E-state index < -0.39 is 0 Å². The van der Waals surface area contributed by atoms with Gasteiger partial charge in [-0.2, -0.15) is 0 Å². The van der Waals surface area contributed by atoms with Gasteiger partial charge in [0.25, 0.3) is 0 Å². The summed E-state index contributed by atoms with van der Waals surface area (Å²) in [4.78, 5) is 2.44. The molecule has 10 aromatic rings. The molecule has 1 aliphatic carbocycles. The molecular weight excluding hydrogens is 691 g/mol. The van der Waals surface area contributed by atoms with Crippen LogP contribution in [0.4, 0.5) is 17.1 Å². The van der Waals surface area contributed by atoms with Gasteiger partial charge in [-0.25, -0.2) is 0 Å². The Morgan fingerprint density at radius 2 is 0.982 bits per heavy atom. The summed E-state index contributed by atoms with van der Waals surface area (Å²) in [6.07, 6.45) is 0. The van der Waals surface area contributed by atoms with Gasteiger partial charge in [0.05, 0.1) is 5.69 Å². The van der Waals surface area contributed by atoms with E-state index in [4.69, 9.17) is 4.42 Å². The first-order chi connectivity index (χ1) is 28.0. The highest BCUT2D eigenvalue weighted by Gasteiger charge is 2.36. The van der Waals surface area contributed by atoms with Gasteiger partial charge >= 0.3 is 0 Å². The molecule has 2 nitrogen and oxygen atoms in total. The molecule has 270 valence electrons. The molecule has 2 heteroatoms. The third kappa shape index (κ3) is 5.40. The molecule has 1 heterocycles. The van der Waals surface area contributed by atoms with E-state index in [2.05, 4.69) is 207 Å². The molecule has 0 fully saturated rings. The first kappa shape index (κ1) is 33.2. The lowest BCUT2D eigenvalue weighted by molar-refractivity contribution is 0.660. The average Bonchev–Trinajstić information content (AvgIpc) is 3.75. The Kier molecular flexibility index (Phi) is 7.55. The van der Waals surface area contributed by atoms with Crippen LogP contribution in [0.15, 0.2) is 205 Å². The van der Waals surface area contributed by atoms with Crippen molar-refractivity contribution >= 4 is 49.8 Å². The van der Waals surface area contributed by atoms with Crippen LogP contribution in [0.2, 0.25) is 0 Å². The number of fused-ring (bicyclic) bond motifs is 7. The lowest BCUT2D eigenvalue weighted by atomic mass is 9.81. The summed E-state index contributed by atoms with van der Waals surface area (Å²) < 4.78 is 6.19. The minimum atomic E-state index is -0.212. The molecule has 0 bridgehead atoms. The van der Waals surface area contributed by atoms with Gasteiger partial charge in [0, 0.05) is 33.1 Å². The van der Waals surface area contributed by atoms with Crippen LogP contribution in [-0.2, 0) is 5.41 Å². The molecule has 0 amide bonds. The fraction of sp³-hybridized carbons (Fsp3) is 0.0545. The van der Waals surface area contributed by atoms with Crippen molar-refractivity contribution in [2.24, 2.45) is 0 Å². The van der Waals surface area contributed by atoms with E-state index in [1.54, 1.807) is 0 Å². The van der Waals surface area contributed by atoms with Crippen molar-refractivity contribution in [3.63, 3.8) is 0 Å². The quantitative estimate of drug-likeness (QED) is 0.169. The molecule has 0 N–H and O–H groups in total. The standard InChI is InChI=1S/C55H39NO/c1-55(2)50-34-40(44-23-13-17-36-16-6-7-20-43(36)44)26-29-46(50)47-30-28-42(35-51(47)55)56(52-24-10-8-21-45(52)37-14-4-3-5-15-37)41-19-12-18-38(32-41)39-27-31-54-49(33-39)48-22-9-11-25-53(48)57-54/h3-35H,1-2H3. The summed E-state index contributed by atoms with van der Waals surface area (Å²) in [5, 5.41) is 4.81. The van der Waals surface area contributed by atoms with E-state index >= 15 is 0 Å². The summed E-state index contributed by atoms with van der Waals surface area (Å²) in [6, 6.07) is 72.8. The normalized spacial score (nSPS) is 12.9. The van der Waals surface area contributed by atoms with E-state index in [1.807, 2.05) is 12.1 Å². The van der Waals surface area contributed by atoms with Crippen LogP contribution >= 0.6 is 0 Å². The van der Waals surface area contributed by atoms with E-state index in [1.165, 1.54) is 55.3 Å². The number of hydrogen-bond acceptors (Lipinski definition) is 2. The summed E-state index contributed by atoms with van der Waals surface area (Å²) >= 11 is 0. The van der Waals surface area contributed by atoms with Crippen LogP contribution in [0.1, 0.15) is 25.0 Å². The largest absolute Gasteiger partial charge is 0.456 e. The summed E-state index contributed by atoms with van der Waals surface area (Å²) in [7, 11) is 0. The summed E-state index contributed by atoms with van der Waals surface area (Å²) in [6.45, 7) is 4.76. The van der Waals surface area contributed by atoms with Gasteiger partial charge in [-0.1, -0.05) is 159 Å². The number of para-hydroxylation sites is 2. The van der Waals surface area contributed by atoms with Crippen molar-refractivity contribution in [1.29, 1.82) is 0 Å². The number of hydrogen-bond donors (Lipinski definition) is 0. The van der Waals surface area contributed by atoms with Crippen LogP contribution in [0.25, 0.3) is 77.2 Å². The smallest absolute Gasteiger partial charge is 0.135 e. The third-order valence-corrected chi connectivity index (χ3v) is 12.1. The molecule has 1 aromatic heterocycles. The van der Waals surface area contributed by atoms with Crippen LogP contribution < -0.4 is 4.90 Å². The molecular formula is C55H39NO. The second-order valence-corrected chi connectivity index (χ2v) is 15.7. The maximum atomic E-state index is 6.19. The Balaban J connectivity index is 1.06. The molecule has 0 spiro atoms. The number of benzene rings is 9. The van der Waals surface area contributed by atoms with Crippen molar-refractivity contribution in [3.8, 4) is 44.5 Å². The third-order valence-electron chi connectivity index (χ3n) is 12.1. The minimum absolute atomic E-state index is 0.212. The molecule has 0 aliphatic heterocycles. The number of rotatable bonds is 6. The second-order valence-electron chi connectivity index (χ2n) is 15.7. The highest BCUT2D eigenvalue weighted by molar-refractivity contribution is 6.06. The molecule has 0 unspecified atom stereocenters. The average molecular weight is 730 g/mol. The highest BCUT2D eigenvalue weighted by atomic mass is 16.3. The van der Waals surface area contributed by atoms with Gasteiger partial charge in [0.2, 0.25) is 0 Å². The zero-order valence-corrected chi connectivity index (χ0v) is 31.9. The van der Waals surface area contributed by atoms with Gasteiger partial charge in [-0.3, -0.25) is 0 Å². The molecule has 9 aromatic carbocycles. The lowest BCUT2D eigenvalue weighted by Crippen LogP contribution is -2.17. The summed E-state index contributed by atoms with van der Waals surface area (Å²) in [5.74, 6) is 0. The topological polar surface area (TPSA) is 16.4 Å². The summed E-state index contributed by atoms with van der Waals surface area (Å²) in [5.41, 5.74) is 17.4. The SMILES string of the molecule is CC1(C)c2cc(-c3cccc4ccccc34)ccc2-c2ccc(N(c3cccc(-c4ccc5oc6ccccc6c5c4)c3)c3ccccc3-c3ccccc3)cc21. The molecule has 57 heavy (non-hydrogen) atoms. The Bertz CT molecular complexity index is 3160. The fourth-order valence-corrected chi connectivity index (χ4v) is 9.20. The van der Waals surface area contributed by atoms with Crippen LogP contribution in [0, 0.1) is 0 Å². The van der Waals surface area contributed by atoms with E-state index in [0.29, 0.717) is 0 Å². The van der Waals surface area contributed by atoms with Gasteiger partial charge < -0.3 is 9.32 Å². The Labute approximate surface area is 332 Å². The molecule has 0 radical (unpaired) electrons. The highest BCUT2D eigenvalue weighted by Crippen LogP contribution is 2.52. The van der Waals surface area contributed by atoms with E-state index in [-0.39, 0.29) is 5.41 Å². The Morgan fingerprint density at radius 3 is 1.88 bits per heavy atom. The fourth-order valence-electron chi connectivity index (χ4n) is 9.20. The van der Waals surface area contributed by atoms with Crippen molar-refractivity contribution < 1.29 is 4.42 Å².